The van der Waals surface area contributed by atoms with Crippen molar-refractivity contribution in [1.29, 1.82) is 0 Å². The highest BCUT2D eigenvalue weighted by molar-refractivity contribution is 6.19. The van der Waals surface area contributed by atoms with E-state index in [1.54, 1.807) is 45.0 Å². The van der Waals surface area contributed by atoms with E-state index in [0.29, 0.717) is 11.8 Å². The van der Waals surface area contributed by atoms with E-state index in [2.05, 4.69) is 0 Å². The van der Waals surface area contributed by atoms with E-state index in [4.69, 9.17) is 10.5 Å². The Hall–Kier alpha value is -2.60. The maximum Gasteiger partial charge on any atom is 0.310 e. The van der Waals surface area contributed by atoms with Gasteiger partial charge < -0.3 is 15.3 Å². The van der Waals surface area contributed by atoms with Crippen molar-refractivity contribution in [3.63, 3.8) is 0 Å². The summed E-state index contributed by atoms with van der Waals surface area (Å²) in [6.07, 6.45) is 1.52. The molecule has 1 unspecified atom stereocenters. The highest BCUT2D eigenvalue weighted by atomic mass is 16.6. The molecule has 0 fully saturated rings. The molecule has 1 aromatic rings. The number of esters is 1. The molecule has 2 N–H and O–H groups in total. The van der Waals surface area contributed by atoms with Crippen LogP contribution in [-0.4, -0.2) is 35.0 Å². The van der Waals surface area contributed by atoms with Crippen molar-refractivity contribution in [2.45, 2.75) is 51.2 Å². The molecule has 0 spiro atoms. The van der Waals surface area contributed by atoms with Crippen LogP contribution in [0.25, 0.3) is 0 Å². The van der Waals surface area contributed by atoms with Crippen LogP contribution in [0.4, 0.5) is 0 Å². The van der Waals surface area contributed by atoms with Crippen molar-refractivity contribution in [1.82, 2.24) is 0 Å². The van der Waals surface area contributed by atoms with Crippen LogP contribution in [0.1, 0.15) is 60.7 Å². The minimum absolute atomic E-state index is 0.136. The van der Waals surface area contributed by atoms with Crippen molar-refractivity contribution < 1.29 is 23.9 Å². The smallest absolute Gasteiger partial charge is 0.310 e. The third-order valence-corrected chi connectivity index (χ3v) is 4.13. The third-order valence-electron chi connectivity index (χ3n) is 4.13. The monoisotopic (exact) mass is 357 g/mol. The number of hydrogen-bond acceptors (Lipinski definition) is 6. The van der Waals surface area contributed by atoms with Gasteiger partial charge >= 0.3 is 5.97 Å². The number of ether oxygens (including phenoxy) is 1. The van der Waals surface area contributed by atoms with Crippen LogP contribution in [0, 0.1) is 0 Å². The van der Waals surface area contributed by atoms with E-state index >= 15 is 0 Å². The standard InChI is InChI=1S/C20H23NO5/c1-19(2,3)26-17(24)9-8-13(10-11-22)20(21)12-16(23)14-6-4-5-7-15(14)18(20)25/h4-8,11H,9-10,12,21H2,1-3H3/b13-8-. The van der Waals surface area contributed by atoms with E-state index in [0.717, 1.165) is 0 Å². The predicted molar refractivity (Wildman–Crippen MR) is 95.9 cm³/mol. The van der Waals surface area contributed by atoms with Gasteiger partial charge in [-0.3, -0.25) is 14.4 Å². The van der Waals surface area contributed by atoms with Gasteiger partial charge in [0.25, 0.3) is 0 Å². The first kappa shape index (κ1) is 19.7. The zero-order valence-corrected chi connectivity index (χ0v) is 15.2. The van der Waals surface area contributed by atoms with Gasteiger partial charge in [0.05, 0.1) is 6.42 Å². The lowest BCUT2D eigenvalue weighted by molar-refractivity contribution is -0.153. The van der Waals surface area contributed by atoms with Crippen LogP contribution in [-0.2, 0) is 14.3 Å². The summed E-state index contributed by atoms with van der Waals surface area (Å²) in [6, 6.07) is 6.46. The molecular formula is C20H23NO5. The van der Waals surface area contributed by atoms with Gasteiger partial charge in [-0.05, 0) is 26.3 Å². The Balaban J connectivity index is 2.35. The molecule has 1 aliphatic rings. The molecule has 138 valence electrons. The molecule has 0 aromatic heterocycles. The largest absolute Gasteiger partial charge is 0.460 e. The first-order valence-electron chi connectivity index (χ1n) is 8.39. The number of hydrogen-bond donors (Lipinski definition) is 1. The lowest BCUT2D eigenvalue weighted by Gasteiger charge is -2.34. The number of carbonyl (C=O) groups is 4. The first-order chi connectivity index (χ1) is 12.1. The third kappa shape index (κ3) is 4.14. The van der Waals surface area contributed by atoms with E-state index in [-0.39, 0.29) is 36.2 Å². The molecular weight excluding hydrogens is 334 g/mol. The summed E-state index contributed by atoms with van der Waals surface area (Å²) >= 11 is 0. The number of rotatable bonds is 5. The number of benzene rings is 1. The van der Waals surface area contributed by atoms with Gasteiger partial charge in [-0.2, -0.15) is 0 Å². The van der Waals surface area contributed by atoms with E-state index in [9.17, 15) is 19.2 Å². The maximum absolute atomic E-state index is 12.9. The number of fused-ring (bicyclic) bond motifs is 1. The van der Waals surface area contributed by atoms with Crippen molar-refractivity contribution >= 4 is 23.8 Å². The van der Waals surface area contributed by atoms with Crippen LogP contribution in [0.2, 0.25) is 0 Å². The topological polar surface area (TPSA) is 104 Å². The van der Waals surface area contributed by atoms with Gasteiger partial charge in [0.1, 0.15) is 17.4 Å². The number of nitrogens with two attached hydrogens (primary N) is 1. The van der Waals surface area contributed by atoms with E-state index in [1.165, 1.54) is 6.08 Å². The molecule has 0 radical (unpaired) electrons. The van der Waals surface area contributed by atoms with Gasteiger partial charge in [0.2, 0.25) is 0 Å². The van der Waals surface area contributed by atoms with Gasteiger partial charge in [-0.25, -0.2) is 0 Å². The predicted octanol–water partition coefficient (Wildman–Crippen LogP) is 2.40. The van der Waals surface area contributed by atoms with E-state index in [1.807, 2.05) is 0 Å². The van der Waals surface area contributed by atoms with Gasteiger partial charge in [0.15, 0.2) is 11.6 Å². The lowest BCUT2D eigenvalue weighted by Crippen LogP contribution is -2.54. The summed E-state index contributed by atoms with van der Waals surface area (Å²) in [6.45, 7) is 5.23. The summed E-state index contributed by atoms with van der Waals surface area (Å²) in [4.78, 5) is 48.4. The SMILES string of the molecule is CC(C)(C)OC(=O)C/C=C(/CC=O)C1(N)CC(=O)c2ccccc2C1=O. The highest BCUT2D eigenvalue weighted by Crippen LogP contribution is 2.33. The Morgan fingerprint density at radius 1 is 1.19 bits per heavy atom. The molecule has 0 bridgehead atoms. The molecule has 0 heterocycles. The average molecular weight is 357 g/mol. The van der Waals surface area contributed by atoms with Crippen LogP contribution < -0.4 is 5.73 Å². The van der Waals surface area contributed by atoms with Crippen molar-refractivity contribution in [3.8, 4) is 0 Å². The first-order valence-corrected chi connectivity index (χ1v) is 8.39. The summed E-state index contributed by atoms with van der Waals surface area (Å²) < 4.78 is 5.23. The number of carbonyl (C=O) groups excluding carboxylic acids is 4. The molecule has 0 aliphatic heterocycles. The second-order valence-corrected chi connectivity index (χ2v) is 7.34. The van der Waals surface area contributed by atoms with Gasteiger partial charge in [-0.1, -0.05) is 30.3 Å². The number of ketones is 2. The van der Waals surface area contributed by atoms with Crippen LogP contribution in [0.3, 0.4) is 0 Å². The zero-order chi connectivity index (χ0) is 19.5. The fourth-order valence-corrected chi connectivity index (χ4v) is 2.98. The Labute approximate surface area is 152 Å². The van der Waals surface area contributed by atoms with Gasteiger partial charge in [0, 0.05) is 24.0 Å². The van der Waals surface area contributed by atoms with Crippen molar-refractivity contribution in [2.75, 3.05) is 0 Å². The minimum atomic E-state index is -1.63. The molecule has 0 amide bonds. The van der Waals surface area contributed by atoms with Gasteiger partial charge in [-0.15, -0.1) is 0 Å². The molecule has 0 saturated heterocycles. The molecule has 1 aliphatic carbocycles. The molecule has 0 saturated carbocycles. The van der Waals surface area contributed by atoms with Crippen molar-refractivity contribution in [3.05, 3.63) is 47.0 Å². The van der Waals surface area contributed by atoms with Crippen LogP contribution in [0.15, 0.2) is 35.9 Å². The lowest BCUT2D eigenvalue weighted by atomic mass is 9.71. The minimum Gasteiger partial charge on any atom is -0.460 e. The second-order valence-electron chi connectivity index (χ2n) is 7.34. The van der Waals surface area contributed by atoms with Crippen molar-refractivity contribution in [2.24, 2.45) is 5.73 Å². The van der Waals surface area contributed by atoms with E-state index < -0.39 is 22.9 Å². The number of aldehydes is 1. The molecule has 6 nitrogen and oxygen atoms in total. The molecule has 1 atom stereocenters. The normalized spacial score (nSPS) is 20.5. The molecule has 26 heavy (non-hydrogen) atoms. The average Bonchev–Trinajstić information content (AvgIpc) is 2.55. The quantitative estimate of drug-likeness (QED) is 0.493. The summed E-state index contributed by atoms with van der Waals surface area (Å²) in [7, 11) is 0. The Kier molecular flexibility index (Phi) is 5.56. The summed E-state index contributed by atoms with van der Waals surface area (Å²) in [5.74, 6) is -1.19. The zero-order valence-electron chi connectivity index (χ0n) is 15.2. The molecule has 2 rings (SSSR count). The Morgan fingerprint density at radius 3 is 2.38 bits per heavy atom. The Bertz CT molecular complexity index is 788. The fraction of sp³-hybridized carbons (Fsp3) is 0.400. The van der Waals surface area contributed by atoms with Crippen LogP contribution in [0.5, 0.6) is 0 Å². The Morgan fingerprint density at radius 2 is 1.81 bits per heavy atom. The molecule has 6 heteroatoms. The number of Topliss-reactive ketones (excluding diaryl/α,β-unsaturated/α-hetero) is 2. The maximum atomic E-state index is 12.9. The van der Waals surface area contributed by atoms with Crippen LogP contribution >= 0.6 is 0 Å². The summed E-state index contributed by atoms with van der Waals surface area (Å²) in [5, 5.41) is 0. The molecule has 1 aromatic carbocycles. The highest BCUT2D eigenvalue weighted by Gasteiger charge is 2.45. The fourth-order valence-electron chi connectivity index (χ4n) is 2.98. The second kappa shape index (κ2) is 7.33. The summed E-state index contributed by atoms with van der Waals surface area (Å²) in [5.41, 5.74) is 4.85.